The molecule has 232 valence electrons. The van der Waals surface area contributed by atoms with E-state index in [-0.39, 0.29) is 5.69 Å². The van der Waals surface area contributed by atoms with E-state index in [9.17, 15) is 9.59 Å². The lowest BCUT2D eigenvalue weighted by Gasteiger charge is -2.41. The topological polar surface area (TPSA) is 90.6 Å². The Morgan fingerprint density at radius 2 is 1.80 bits per heavy atom. The Balaban J connectivity index is 1.46. The molecular weight excluding hydrogens is 585 g/mol. The van der Waals surface area contributed by atoms with Crippen LogP contribution < -0.4 is 20.6 Å². The molecule has 1 N–H and O–H groups in total. The summed E-state index contributed by atoms with van der Waals surface area (Å²) in [7, 11) is 3.20. The maximum absolute atomic E-state index is 15.2. The van der Waals surface area contributed by atoms with E-state index in [1.54, 1.807) is 50.9 Å². The number of aromatic nitrogens is 3. The quantitative estimate of drug-likeness (QED) is 0.261. The summed E-state index contributed by atoms with van der Waals surface area (Å²) in [4.78, 5) is 31.7. The standard InChI is InChI=1S/C33H37ClFN5O4/c1-32(2,3)44-30(41)37-33(4)11-7-13-39(20-33)28-17-22(10-12-36-28)25-19-23(35)18-24(29(25)43-6)21-8-9-27(26(34)16-21)40-15-14-38(5)31(40)42/h8-10,12,14-19H,7,11,13,20H2,1-6H3,(H,37,41). The molecule has 3 heterocycles. The van der Waals surface area contributed by atoms with Crippen LogP contribution in [0.3, 0.4) is 0 Å². The van der Waals surface area contributed by atoms with Crippen molar-refractivity contribution in [2.45, 2.75) is 51.7 Å². The zero-order chi connectivity index (χ0) is 31.8. The molecule has 0 saturated carbocycles. The number of benzene rings is 2. The van der Waals surface area contributed by atoms with Gasteiger partial charge < -0.3 is 24.3 Å². The second kappa shape index (κ2) is 12.0. The fraction of sp³-hybridized carbons (Fsp3) is 0.364. The minimum absolute atomic E-state index is 0.228. The molecule has 0 spiro atoms. The lowest BCUT2D eigenvalue weighted by atomic mass is 9.91. The van der Waals surface area contributed by atoms with Crippen molar-refractivity contribution in [2.24, 2.45) is 7.05 Å². The molecule has 0 aliphatic carbocycles. The van der Waals surface area contributed by atoms with Crippen LogP contribution in [0.1, 0.15) is 40.5 Å². The molecule has 1 unspecified atom stereocenters. The van der Waals surface area contributed by atoms with Gasteiger partial charge in [-0.1, -0.05) is 17.7 Å². The summed E-state index contributed by atoms with van der Waals surface area (Å²) < 4.78 is 29.5. The van der Waals surface area contributed by atoms with E-state index in [1.807, 2.05) is 39.8 Å². The average molecular weight is 622 g/mol. The SMILES string of the molecule is COc1c(-c2ccnc(N3CCCC(C)(NC(=O)OC(C)(C)C)C3)c2)cc(F)cc1-c1ccc(-n2ccn(C)c2=O)c(Cl)c1. The number of piperidine rings is 1. The fourth-order valence-corrected chi connectivity index (χ4v) is 5.88. The number of methoxy groups -OCH3 is 1. The first-order valence-corrected chi connectivity index (χ1v) is 14.8. The van der Waals surface area contributed by atoms with Crippen LogP contribution in [0.15, 0.2) is 65.8 Å². The molecule has 1 amide bonds. The number of nitrogens with zero attached hydrogens (tertiary/aromatic N) is 4. The largest absolute Gasteiger partial charge is 0.495 e. The summed E-state index contributed by atoms with van der Waals surface area (Å²) in [6.07, 6.45) is 6.17. The number of pyridine rings is 1. The molecule has 2 aromatic carbocycles. The highest BCUT2D eigenvalue weighted by atomic mass is 35.5. The van der Waals surface area contributed by atoms with Crippen molar-refractivity contribution in [3.05, 3.63) is 82.4 Å². The molecule has 1 aliphatic heterocycles. The maximum atomic E-state index is 15.2. The number of hydrogen-bond acceptors (Lipinski definition) is 6. The molecule has 1 fully saturated rings. The molecule has 1 aliphatic rings. The number of rotatable bonds is 6. The minimum Gasteiger partial charge on any atom is -0.495 e. The van der Waals surface area contributed by atoms with E-state index in [0.717, 1.165) is 24.9 Å². The Kier molecular flexibility index (Phi) is 8.49. The van der Waals surface area contributed by atoms with Crippen molar-refractivity contribution in [3.8, 4) is 33.7 Å². The van der Waals surface area contributed by atoms with E-state index >= 15 is 4.39 Å². The Morgan fingerprint density at radius 1 is 1.09 bits per heavy atom. The van der Waals surface area contributed by atoms with Crippen LogP contribution in [0.2, 0.25) is 5.02 Å². The first-order chi connectivity index (χ1) is 20.8. The van der Waals surface area contributed by atoms with Crippen molar-refractivity contribution < 1.29 is 18.7 Å². The summed E-state index contributed by atoms with van der Waals surface area (Å²) in [5.74, 6) is 0.730. The van der Waals surface area contributed by atoms with E-state index in [0.29, 0.717) is 45.5 Å². The number of amides is 1. The van der Waals surface area contributed by atoms with Gasteiger partial charge in [-0.15, -0.1) is 0 Å². The Labute approximate surface area is 261 Å². The molecule has 11 heteroatoms. The van der Waals surface area contributed by atoms with Crippen LogP contribution in [0.5, 0.6) is 5.75 Å². The Morgan fingerprint density at radius 3 is 2.41 bits per heavy atom. The van der Waals surface area contributed by atoms with Crippen LogP contribution in [-0.4, -0.2) is 51.6 Å². The van der Waals surface area contributed by atoms with E-state index in [1.165, 1.54) is 21.3 Å². The number of nitrogens with one attached hydrogen (secondary N) is 1. The van der Waals surface area contributed by atoms with Crippen LogP contribution >= 0.6 is 11.6 Å². The first kappa shape index (κ1) is 31.1. The molecule has 2 aromatic heterocycles. The third-order valence-corrected chi connectivity index (χ3v) is 7.91. The van der Waals surface area contributed by atoms with Gasteiger partial charge in [0.15, 0.2) is 0 Å². The normalized spacial score (nSPS) is 17.0. The lowest BCUT2D eigenvalue weighted by molar-refractivity contribution is 0.0454. The molecule has 44 heavy (non-hydrogen) atoms. The number of imidazole rings is 1. The predicted octanol–water partition coefficient (Wildman–Crippen LogP) is 6.59. The predicted molar refractivity (Wildman–Crippen MR) is 170 cm³/mol. The van der Waals surface area contributed by atoms with E-state index in [2.05, 4.69) is 15.2 Å². The molecule has 5 rings (SSSR count). The first-order valence-electron chi connectivity index (χ1n) is 14.4. The minimum atomic E-state index is -0.595. The third kappa shape index (κ3) is 6.60. The van der Waals surface area contributed by atoms with Gasteiger partial charge in [-0.25, -0.2) is 19.0 Å². The number of carbonyl (C=O) groups excluding carboxylic acids is 1. The van der Waals surface area contributed by atoms with Crippen LogP contribution in [0, 0.1) is 5.82 Å². The summed E-state index contributed by atoms with van der Waals surface area (Å²) >= 11 is 6.63. The Bertz CT molecular complexity index is 1760. The lowest BCUT2D eigenvalue weighted by Crippen LogP contribution is -2.57. The fourth-order valence-electron chi connectivity index (χ4n) is 5.61. The van der Waals surface area contributed by atoms with Gasteiger partial charge in [-0.3, -0.25) is 4.57 Å². The zero-order valence-corrected chi connectivity index (χ0v) is 26.5. The highest BCUT2D eigenvalue weighted by molar-refractivity contribution is 6.32. The highest BCUT2D eigenvalue weighted by Gasteiger charge is 2.34. The molecule has 0 radical (unpaired) electrons. The number of aryl methyl sites for hydroxylation is 1. The van der Waals surface area contributed by atoms with E-state index < -0.39 is 23.1 Å². The zero-order valence-electron chi connectivity index (χ0n) is 25.8. The van der Waals surface area contributed by atoms with Crippen LogP contribution in [0.25, 0.3) is 27.9 Å². The van der Waals surface area contributed by atoms with E-state index in [4.69, 9.17) is 21.1 Å². The van der Waals surface area contributed by atoms with Gasteiger partial charge in [0.1, 0.15) is 23.0 Å². The molecule has 9 nitrogen and oxygen atoms in total. The van der Waals surface area contributed by atoms with Gasteiger partial charge in [-0.2, -0.15) is 0 Å². The summed E-state index contributed by atoms with van der Waals surface area (Å²) in [6, 6.07) is 11.8. The number of halogens is 2. The summed E-state index contributed by atoms with van der Waals surface area (Å²) in [6.45, 7) is 8.78. The number of alkyl carbamates (subject to hydrolysis) is 1. The Hall–Kier alpha value is -4.31. The maximum Gasteiger partial charge on any atom is 0.408 e. The number of anilines is 1. The van der Waals surface area contributed by atoms with Gasteiger partial charge in [0.05, 0.1) is 23.4 Å². The van der Waals surface area contributed by atoms with Crippen LogP contribution in [-0.2, 0) is 11.8 Å². The number of ether oxygens (including phenoxy) is 2. The average Bonchev–Trinajstić information content (AvgIpc) is 3.28. The van der Waals surface area contributed by atoms with Gasteiger partial charge in [0.2, 0.25) is 0 Å². The van der Waals surface area contributed by atoms with Gasteiger partial charge >= 0.3 is 11.8 Å². The smallest absolute Gasteiger partial charge is 0.408 e. The van der Waals surface area contributed by atoms with Crippen LogP contribution in [0.4, 0.5) is 15.0 Å². The van der Waals surface area contributed by atoms with Crippen molar-refractivity contribution in [1.82, 2.24) is 19.4 Å². The second-order valence-electron chi connectivity index (χ2n) is 12.4. The van der Waals surface area contributed by atoms with Gasteiger partial charge in [0, 0.05) is 49.9 Å². The third-order valence-electron chi connectivity index (χ3n) is 7.60. The summed E-state index contributed by atoms with van der Waals surface area (Å²) in [5, 5.41) is 3.38. The van der Waals surface area contributed by atoms with Crippen molar-refractivity contribution in [3.63, 3.8) is 0 Å². The second-order valence-corrected chi connectivity index (χ2v) is 12.8. The van der Waals surface area contributed by atoms with Crippen molar-refractivity contribution in [1.29, 1.82) is 0 Å². The monoisotopic (exact) mass is 621 g/mol. The number of hydrogen-bond donors (Lipinski definition) is 1. The van der Waals surface area contributed by atoms with Crippen molar-refractivity contribution >= 4 is 23.5 Å². The molecule has 4 aromatic rings. The molecular formula is C33H37ClFN5O4. The molecule has 1 saturated heterocycles. The van der Waals surface area contributed by atoms with Gasteiger partial charge in [0.25, 0.3) is 0 Å². The number of carbonyl (C=O) groups is 1. The van der Waals surface area contributed by atoms with Gasteiger partial charge in [-0.05, 0) is 88.1 Å². The highest BCUT2D eigenvalue weighted by Crippen LogP contribution is 2.42. The van der Waals surface area contributed by atoms with Crippen molar-refractivity contribution in [2.75, 3.05) is 25.1 Å². The summed E-state index contributed by atoms with van der Waals surface area (Å²) in [5.41, 5.74) is 1.60. The molecule has 0 bridgehead atoms. The molecule has 1 atom stereocenters.